The highest BCUT2D eigenvalue weighted by Gasteiger charge is 2.36. The highest BCUT2D eigenvalue weighted by molar-refractivity contribution is 5.88. The van der Waals surface area contributed by atoms with Crippen LogP contribution in [0.3, 0.4) is 0 Å². The second kappa shape index (κ2) is 8.71. The molecule has 0 aromatic heterocycles. The Balaban J connectivity index is 1.34. The van der Waals surface area contributed by atoms with Crippen molar-refractivity contribution in [2.45, 2.75) is 33.2 Å². The molecule has 0 spiro atoms. The lowest BCUT2D eigenvalue weighted by Gasteiger charge is -2.42. The first-order valence-corrected chi connectivity index (χ1v) is 12.1. The number of nitrogens with one attached hydrogen (secondary N) is 1. The van der Waals surface area contributed by atoms with E-state index in [0.717, 1.165) is 43.9 Å². The van der Waals surface area contributed by atoms with Gasteiger partial charge >= 0.3 is 5.97 Å². The molecule has 34 heavy (non-hydrogen) atoms. The summed E-state index contributed by atoms with van der Waals surface area (Å²) >= 11 is 0. The zero-order valence-corrected chi connectivity index (χ0v) is 20.2. The second-order valence-corrected chi connectivity index (χ2v) is 10.3. The van der Waals surface area contributed by atoms with E-state index in [1.165, 1.54) is 22.5 Å². The van der Waals surface area contributed by atoms with Gasteiger partial charge in [-0.2, -0.15) is 0 Å². The van der Waals surface area contributed by atoms with Crippen molar-refractivity contribution in [3.8, 4) is 0 Å². The monoisotopic (exact) mass is 455 g/mol. The highest BCUT2D eigenvalue weighted by Crippen LogP contribution is 2.45. The third-order valence-corrected chi connectivity index (χ3v) is 7.38. The Hall–Kier alpha value is -3.47. The summed E-state index contributed by atoms with van der Waals surface area (Å²) in [5.41, 5.74) is 7.63. The van der Waals surface area contributed by atoms with Gasteiger partial charge in [0.25, 0.3) is 0 Å². The van der Waals surface area contributed by atoms with E-state index < -0.39 is 5.97 Å². The number of benzene rings is 3. The Kier molecular flexibility index (Phi) is 5.72. The Morgan fingerprint density at radius 1 is 0.941 bits per heavy atom. The van der Waals surface area contributed by atoms with Gasteiger partial charge < -0.3 is 20.2 Å². The average Bonchev–Trinajstić information content (AvgIpc) is 2.83. The number of aromatic carboxylic acids is 1. The summed E-state index contributed by atoms with van der Waals surface area (Å²) in [5, 5.41) is 13.1. The van der Waals surface area contributed by atoms with Gasteiger partial charge in [0.2, 0.25) is 0 Å². The highest BCUT2D eigenvalue weighted by atomic mass is 16.4. The molecule has 5 heteroatoms. The van der Waals surface area contributed by atoms with Crippen molar-refractivity contribution >= 4 is 23.0 Å². The van der Waals surface area contributed by atoms with Crippen LogP contribution in [0.4, 0.5) is 17.1 Å². The minimum absolute atomic E-state index is 0.0493. The SMILES string of the molecule is Cc1ccccc1N1CCN(c2cccc(C3Nc4ccc(C(=O)O)cc4CC3(C)C)c2)CC1. The molecule has 2 aliphatic rings. The van der Waals surface area contributed by atoms with Crippen LogP contribution >= 0.6 is 0 Å². The number of carboxylic acid groups (broad SMARTS) is 1. The Labute approximate surface area is 202 Å². The van der Waals surface area contributed by atoms with Crippen LogP contribution in [0.1, 0.15) is 46.9 Å². The van der Waals surface area contributed by atoms with E-state index in [-0.39, 0.29) is 11.5 Å². The number of carbonyl (C=O) groups is 1. The van der Waals surface area contributed by atoms with Gasteiger partial charge in [0, 0.05) is 43.2 Å². The lowest BCUT2D eigenvalue weighted by molar-refractivity contribution is 0.0696. The van der Waals surface area contributed by atoms with Gasteiger partial charge in [0.05, 0.1) is 11.6 Å². The van der Waals surface area contributed by atoms with Gasteiger partial charge in [-0.3, -0.25) is 0 Å². The molecule has 0 aliphatic carbocycles. The number of hydrogen-bond acceptors (Lipinski definition) is 4. The number of aryl methyl sites for hydroxylation is 1. The molecule has 0 radical (unpaired) electrons. The summed E-state index contributed by atoms with van der Waals surface area (Å²) in [6.07, 6.45) is 0.834. The molecular weight excluding hydrogens is 422 g/mol. The molecule has 3 aromatic carbocycles. The van der Waals surface area contributed by atoms with Gasteiger partial charge in [-0.05, 0) is 71.8 Å². The summed E-state index contributed by atoms with van der Waals surface area (Å²) in [6, 6.07) is 23.1. The van der Waals surface area contributed by atoms with Gasteiger partial charge in [-0.15, -0.1) is 0 Å². The van der Waals surface area contributed by atoms with Gasteiger partial charge in [-0.1, -0.05) is 44.2 Å². The van der Waals surface area contributed by atoms with Crippen molar-refractivity contribution in [1.82, 2.24) is 0 Å². The maximum absolute atomic E-state index is 11.4. The van der Waals surface area contributed by atoms with Crippen molar-refractivity contribution < 1.29 is 9.90 Å². The van der Waals surface area contributed by atoms with Crippen LogP contribution in [0.25, 0.3) is 0 Å². The van der Waals surface area contributed by atoms with Crippen LogP contribution in [0.15, 0.2) is 66.7 Å². The molecule has 2 N–H and O–H groups in total. The number of nitrogens with zero attached hydrogens (tertiary/aromatic N) is 2. The predicted octanol–water partition coefficient (Wildman–Crippen LogP) is 5.76. The molecule has 1 fully saturated rings. The zero-order valence-electron chi connectivity index (χ0n) is 20.2. The maximum atomic E-state index is 11.4. The first kappa shape index (κ1) is 22.3. The number of carboxylic acids is 1. The minimum atomic E-state index is -0.877. The Morgan fingerprint density at radius 3 is 2.41 bits per heavy atom. The lowest BCUT2D eigenvalue weighted by Crippen LogP contribution is -2.46. The molecule has 5 nitrogen and oxygen atoms in total. The molecule has 3 aromatic rings. The van der Waals surface area contributed by atoms with Crippen molar-refractivity contribution in [2.75, 3.05) is 41.3 Å². The molecular formula is C29H33N3O2. The van der Waals surface area contributed by atoms with Gasteiger partial charge in [0.1, 0.15) is 0 Å². The number of fused-ring (bicyclic) bond motifs is 1. The topological polar surface area (TPSA) is 55.8 Å². The van der Waals surface area contributed by atoms with E-state index in [1.54, 1.807) is 6.07 Å². The normalized spacial score (nSPS) is 19.3. The van der Waals surface area contributed by atoms with Crippen LogP contribution in [-0.4, -0.2) is 37.3 Å². The smallest absolute Gasteiger partial charge is 0.335 e. The number of hydrogen-bond donors (Lipinski definition) is 2. The zero-order chi connectivity index (χ0) is 23.9. The van der Waals surface area contributed by atoms with Crippen LogP contribution in [-0.2, 0) is 6.42 Å². The van der Waals surface area contributed by atoms with Crippen LogP contribution < -0.4 is 15.1 Å². The fourth-order valence-corrected chi connectivity index (χ4v) is 5.52. The van der Waals surface area contributed by atoms with Crippen LogP contribution in [0.5, 0.6) is 0 Å². The molecule has 5 rings (SSSR count). The van der Waals surface area contributed by atoms with Crippen molar-refractivity contribution in [2.24, 2.45) is 5.41 Å². The van der Waals surface area contributed by atoms with Crippen molar-refractivity contribution in [3.05, 3.63) is 89.0 Å². The van der Waals surface area contributed by atoms with Crippen molar-refractivity contribution in [1.29, 1.82) is 0 Å². The second-order valence-electron chi connectivity index (χ2n) is 10.3. The number of piperazine rings is 1. The van der Waals surface area contributed by atoms with Gasteiger partial charge in [-0.25, -0.2) is 4.79 Å². The van der Waals surface area contributed by atoms with E-state index in [0.29, 0.717) is 5.56 Å². The summed E-state index contributed by atoms with van der Waals surface area (Å²) in [5.74, 6) is -0.877. The number of para-hydroxylation sites is 1. The van der Waals surface area contributed by atoms with E-state index >= 15 is 0 Å². The average molecular weight is 456 g/mol. The van der Waals surface area contributed by atoms with Crippen LogP contribution in [0, 0.1) is 12.3 Å². The standard InChI is InChI=1S/C29H33N3O2/c1-20-7-4-5-10-26(20)32-15-13-31(14-16-32)24-9-6-8-21(18-24)27-29(2,3)19-23-17-22(28(33)34)11-12-25(23)30-27/h4-12,17-18,27,30H,13-16,19H2,1-3H3,(H,33,34). The summed E-state index contributed by atoms with van der Waals surface area (Å²) in [4.78, 5) is 16.4. The third kappa shape index (κ3) is 4.23. The molecule has 176 valence electrons. The fourth-order valence-electron chi connectivity index (χ4n) is 5.52. The molecule has 0 amide bonds. The van der Waals surface area contributed by atoms with Crippen LogP contribution in [0.2, 0.25) is 0 Å². The largest absolute Gasteiger partial charge is 0.478 e. The quantitative estimate of drug-likeness (QED) is 0.524. The molecule has 1 unspecified atom stereocenters. The first-order valence-electron chi connectivity index (χ1n) is 12.1. The van der Waals surface area contributed by atoms with E-state index in [1.807, 2.05) is 12.1 Å². The summed E-state index contributed by atoms with van der Waals surface area (Å²) in [7, 11) is 0. The first-order chi connectivity index (χ1) is 16.3. The molecule has 1 saturated heterocycles. The van der Waals surface area contributed by atoms with E-state index in [9.17, 15) is 9.90 Å². The molecule has 0 saturated carbocycles. The predicted molar refractivity (Wildman–Crippen MR) is 139 cm³/mol. The van der Waals surface area contributed by atoms with Crippen molar-refractivity contribution in [3.63, 3.8) is 0 Å². The molecule has 2 heterocycles. The summed E-state index contributed by atoms with van der Waals surface area (Å²) in [6.45, 7) is 10.7. The Morgan fingerprint density at radius 2 is 1.68 bits per heavy atom. The fraction of sp³-hybridized carbons (Fsp3) is 0.345. The van der Waals surface area contributed by atoms with E-state index in [4.69, 9.17) is 0 Å². The number of rotatable bonds is 4. The van der Waals surface area contributed by atoms with Gasteiger partial charge in [0.15, 0.2) is 0 Å². The molecule has 0 bridgehead atoms. The molecule has 2 aliphatic heterocycles. The number of anilines is 3. The third-order valence-electron chi connectivity index (χ3n) is 7.38. The van der Waals surface area contributed by atoms with E-state index in [2.05, 4.69) is 84.4 Å². The maximum Gasteiger partial charge on any atom is 0.335 e. The minimum Gasteiger partial charge on any atom is -0.478 e. The molecule has 1 atom stereocenters. The summed E-state index contributed by atoms with van der Waals surface area (Å²) < 4.78 is 0. The lowest BCUT2D eigenvalue weighted by atomic mass is 9.72. The Bertz CT molecular complexity index is 1210.